The standard InChI is InChI=1S/C17H36/c1-6-8-12-16(13-9-7-2)14-10-11-15-17(3,4)5/h16H,6-15H2,1-5H3. The van der Waals surface area contributed by atoms with Gasteiger partial charge in [-0.25, -0.2) is 0 Å². The summed E-state index contributed by atoms with van der Waals surface area (Å²) in [5.74, 6) is 1.02. The molecule has 0 aliphatic rings. The Morgan fingerprint density at radius 1 is 0.706 bits per heavy atom. The molecule has 0 fully saturated rings. The summed E-state index contributed by atoms with van der Waals surface area (Å²) < 4.78 is 0. The van der Waals surface area contributed by atoms with Crippen LogP contribution in [0, 0.1) is 11.3 Å². The smallest absolute Gasteiger partial charge is 0.0383 e. The molecule has 0 atom stereocenters. The molecule has 0 radical (unpaired) electrons. The van der Waals surface area contributed by atoms with Crippen molar-refractivity contribution in [3.63, 3.8) is 0 Å². The van der Waals surface area contributed by atoms with E-state index in [0.29, 0.717) is 5.41 Å². The highest BCUT2D eigenvalue weighted by Crippen LogP contribution is 2.26. The maximum Gasteiger partial charge on any atom is -0.0383 e. The van der Waals surface area contributed by atoms with Crippen molar-refractivity contribution in [2.24, 2.45) is 11.3 Å². The fraction of sp³-hybridized carbons (Fsp3) is 1.00. The van der Waals surface area contributed by atoms with Crippen molar-refractivity contribution in [3.8, 4) is 0 Å². The van der Waals surface area contributed by atoms with Gasteiger partial charge in [0.2, 0.25) is 0 Å². The van der Waals surface area contributed by atoms with Gasteiger partial charge in [0, 0.05) is 0 Å². The summed E-state index contributed by atoms with van der Waals surface area (Å²) >= 11 is 0. The van der Waals surface area contributed by atoms with Gasteiger partial charge in [0.15, 0.2) is 0 Å². The molecule has 0 unspecified atom stereocenters. The molecule has 0 aromatic rings. The average Bonchev–Trinajstić information content (AvgIpc) is 2.25. The fourth-order valence-electron chi connectivity index (χ4n) is 2.51. The second-order valence-electron chi connectivity index (χ2n) is 6.96. The van der Waals surface area contributed by atoms with E-state index in [1.165, 1.54) is 64.2 Å². The van der Waals surface area contributed by atoms with E-state index in [-0.39, 0.29) is 0 Å². The van der Waals surface area contributed by atoms with E-state index >= 15 is 0 Å². The number of hydrogen-bond acceptors (Lipinski definition) is 0. The average molecular weight is 240 g/mol. The topological polar surface area (TPSA) is 0 Å². The highest BCUT2D eigenvalue weighted by atomic mass is 14.2. The van der Waals surface area contributed by atoms with Crippen molar-refractivity contribution in [2.75, 3.05) is 0 Å². The first kappa shape index (κ1) is 17.0. The number of hydrogen-bond donors (Lipinski definition) is 0. The minimum absolute atomic E-state index is 0.530. The van der Waals surface area contributed by atoms with E-state index in [9.17, 15) is 0 Å². The van der Waals surface area contributed by atoms with Crippen LogP contribution in [0.15, 0.2) is 0 Å². The van der Waals surface area contributed by atoms with E-state index in [1.807, 2.05) is 0 Å². The van der Waals surface area contributed by atoms with E-state index in [1.54, 1.807) is 0 Å². The lowest BCUT2D eigenvalue weighted by Crippen LogP contribution is -2.05. The van der Waals surface area contributed by atoms with Crippen LogP contribution in [0.5, 0.6) is 0 Å². The Morgan fingerprint density at radius 2 is 1.18 bits per heavy atom. The van der Waals surface area contributed by atoms with Crippen molar-refractivity contribution in [1.29, 1.82) is 0 Å². The van der Waals surface area contributed by atoms with Gasteiger partial charge in [-0.05, 0) is 17.8 Å². The first-order chi connectivity index (χ1) is 7.99. The quantitative estimate of drug-likeness (QED) is 0.378. The second kappa shape index (κ2) is 9.97. The zero-order valence-corrected chi connectivity index (χ0v) is 13.1. The van der Waals surface area contributed by atoms with Crippen LogP contribution < -0.4 is 0 Å². The van der Waals surface area contributed by atoms with E-state index in [2.05, 4.69) is 34.6 Å². The van der Waals surface area contributed by atoms with Crippen LogP contribution in [0.25, 0.3) is 0 Å². The van der Waals surface area contributed by atoms with Crippen LogP contribution >= 0.6 is 0 Å². The van der Waals surface area contributed by atoms with Gasteiger partial charge in [0.05, 0.1) is 0 Å². The minimum Gasteiger partial charge on any atom is -0.0654 e. The Balaban J connectivity index is 3.66. The van der Waals surface area contributed by atoms with E-state index in [0.717, 1.165) is 5.92 Å². The number of rotatable bonds is 10. The largest absolute Gasteiger partial charge is 0.0654 e. The van der Waals surface area contributed by atoms with Gasteiger partial charge in [-0.2, -0.15) is 0 Å². The van der Waals surface area contributed by atoms with Gasteiger partial charge in [-0.3, -0.25) is 0 Å². The van der Waals surface area contributed by atoms with Crippen molar-refractivity contribution in [3.05, 3.63) is 0 Å². The molecule has 0 aromatic carbocycles. The molecule has 0 aliphatic heterocycles. The van der Waals surface area contributed by atoms with Crippen LogP contribution in [0.3, 0.4) is 0 Å². The molecule has 0 heterocycles. The Labute approximate surface area is 111 Å². The predicted octanol–water partition coefficient (Wildman–Crippen LogP) is 6.59. The summed E-state index contributed by atoms with van der Waals surface area (Å²) in [5.41, 5.74) is 0.530. The Kier molecular flexibility index (Phi) is 9.97. The molecule has 0 saturated carbocycles. The van der Waals surface area contributed by atoms with Crippen LogP contribution in [-0.2, 0) is 0 Å². The molecular weight excluding hydrogens is 204 g/mol. The molecule has 0 amide bonds. The fourth-order valence-corrected chi connectivity index (χ4v) is 2.51. The third-order valence-corrected chi connectivity index (χ3v) is 3.72. The number of unbranched alkanes of at least 4 members (excludes halogenated alkanes) is 3. The van der Waals surface area contributed by atoms with Crippen molar-refractivity contribution < 1.29 is 0 Å². The van der Waals surface area contributed by atoms with Crippen molar-refractivity contribution in [1.82, 2.24) is 0 Å². The molecule has 0 heteroatoms. The maximum atomic E-state index is 2.36. The lowest BCUT2D eigenvalue weighted by molar-refractivity contribution is 0.331. The summed E-state index contributed by atoms with van der Waals surface area (Å²) in [7, 11) is 0. The molecule has 104 valence electrons. The summed E-state index contributed by atoms with van der Waals surface area (Å²) in [6.07, 6.45) is 14.3. The Hall–Kier alpha value is 0. The predicted molar refractivity (Wildman–Crippen MR) is 80.5 cm³/mol. The molecule has 0 spiro atoms. The van der Waals surface area contributed by atoms with Crippen LogP contribution in [0.2, 0.25) is 0 Å². The molecule has 0 aliphatic carbocycles. The molecule has 0 rings (SSSR count). The summed E-state index contributed by atoms with van der Waals surface area (Å²) in [6.45, 7) is 11.7. The van der Waals surface area contributed by atoms with Gasteiger partial charge < -0.3 is 0 Å². The molecule has 0 nitrogen and oxygen atoms in total. The normalized spacial score (nSPS) is 12.4. The maximum absolute atomic E-state index is 2.36. The third kappa shape index (κ3) is 12.2. The van der Waals surface area contributed by atoms with E-state index < -0.39 is 0 Å². The lowest BCUT2D eigenvalue weighted by Gasteiger charge is -2.20. The first-order valence-corrected chi connectivity index (χ1v) is 7.99. The highest BCUT2D eigenvalue weighted by Gasteiger charge is 2.11. The minimum atomic E-state index is 0.530. The molecule has 0 N–H and O–H groups in total. The van der Waals surface area contributed by atoms with Crippen molar-refractivity contribution in [2.45, 2.75) is 98.8 Å². The molecule has 17 heavy (non-hydrogen) atoms. The van der Waals surface area contributed by atoms with Crippen LogP contribution in [-0.4, -0.2) is 0 Å². The van der Waals surface area contributed by atoms with Crippen LogP contribution in [0.4, 0.5) is 0 Å². The zero-order chi connectivity index (χ0) is 13.1. The first-order valence-electron chi connectivity index (χ1n) is 7.99. The van der Waals surface area contributed by atoms with Crippen LogP contribution in [0.1, 0.15) is 98.8 Å². The Bertz CT molecular complexity index is 144. The SMILES string of the molecule is CCCCC(CCCC)CCCCC(C)(C)C. The van der Waals surface area contributed by atoms with Gasteiger partial charge in [-0.15, -0.1) is 0 Å². The molecule has 0 aromatic heterocycles. The molecular formula is C17H36. The second-order valence-corrected chi connectivity index (χ2v) is 6.96. The van der Waals surface area contributed by atoms with E-state index in [4.69, 9.17) is 0 Å². The van der Waals surface area contributed by atoms with Gasteiger partial charge in [-0.1, -0.05) is 92.4 Å². The Morgan fingerprint density at radius 3 is 1.59 bits per heavy atom. The summed E-state index contributed by atoms with van der Waals surface area (Å²) in [5, 5.41) is 0. The molecule has 0 bridgehead atoms. The third-order valence-electron chi connectivity index (χ3n) is 3.72. The van der Waals surface area contributed by atoms with Gasteiger partial charge >= 0.3 is 0 Å². The highest BCUT2D eigenvalue weighted by molar-refractivity contribution is 4.64. The van der Waals surface area contributed by atoms with Crippen molar-refractivity contribution >= 4 is 0 Å². The van der Waals surface area contributed by atoms with Gasteiger partial charge in [0.1, 0.15) is 0 Å². The van der Waals surface area contributed by atoms with Gasteiger partial charge in [0.25, 0.3) is 0 Å². The lowest BCUT2D eigenvalue weighted by atomic mass is 9.86. The zero-order valence-electron chi connectivity index (χ0n) is 13.1. The molecule has 0 saturated heterocycles. The summed E-state index contributed by atoms with van der Waals surface area (Å²) in [4.78, 5) is 0. The summed E-state index contributed by atoms with van der Waals surface area (Å²) in [6, 6.07) is 0. The monoisotopic (exact) mass is 240 g/mol.